The minimum atomic E-state index is 0.468. The molecule has 0 N–H and O–H groups in total. The number of rotatable bonds is 6. The zero-order chi connectivity index (χ0) is 15.9. The van der Waals surface area contributed by atoms with Crippen LogP contribution in [-0.2, 0) is 6.61 Å². The topological polar surface area (TPSA) is 35.5 Å². The van der Waals surface area contributed by atoms with Crippen LogP contribution in [-0.4, -0.2) is 6.29 Å². The zero-order valence-electron chi connectivity index (χ0n) is 12.5. The maximum absolute atomic E-state index is 10.9. The molecule has 3 aromatic carbocycles. The van der Waals surface area contributed by atoms with Crippen LogP contribution >= 0.6 is 0 Å². The first kappa shape index (κ1) is 14.9. The summed E-state index contributed by atoms with van der Waals surface area (Å²) in [6.07, 6.45) is 0.796. The Morgan fingerprint density at radius 2 is 1.52 bits per heavy atom. The molecule has 3 aromatic rings. The highest BCUT2D eigenvalue weighted by molar-refractivity contribution is 5.75. The lowest BCUT2D eigenvalue weighted by atomic mass is 10.2. The van der Waals surface area contributed by atoms with Crippen LogP contribution in [0.15, 0.2) is 78.9 Å². The Balaban J connectivity index is 1.76. The van der Waals surface area contributed by atoms with E-state index < -0.39 is 0 Å². The summed E-state index contributed by atoms with van der Waals surface area (Å²) in [6, 6.07) is 24.5. The van der Waals surface area contributed by atoms with Crippen molar-refractivity contribution in [1.82, 2.24) is 0 Å². The smallest absolute Gasteiger partial charge is 0.169 e. The molecule has 0 bridgehead atoms. The van der Waals surface area contributed by atoms with Crippen LogP contribution in [0.4, 0.5) is 0 Å². The van der Waals surface area contributed by atoms with Crippen molar-refractivity contribution in [2.75, 3.05) is 0 Å². The number of ether oxygens (including phenoxy) is 2. The second-order valence-corrected chi connectivity index (χ2v) is 5.01. The molecule has 0 saturated heterocycles. The van der Waals surface area contributed by atoms with Gasteiger partial charge < -0.3 is 9.47 Å². The van der Waals surface area contributed by atoms with Crippen LogP contribution < -0.4 is 9.47 Å². The minimum absolute atomic E-state index is 0.468. The molecule has 0 atom stereocenters. The van der Waals surface area contributed by atoms with E-state index in [4.69, 9.17) is 9.47 Å². The van der Waals surface area contributed by atoms with E-state index in [2.05, 4.69) is 0 Å². The van der Waals surface area contributed by atoms with E-state index in [1.807, 2.05) is 54.6 Å². The second kappa shape index (κ2) is 7.27. The Morgan fingerprint density at radius 3 is 2.30 bits per heavy atom. The third-order valence-corrected chi connectivity index (χ3v) is 3.31. The largest absolute Gasteiger partial charge is 0.485 e. The van der Waals surface area contributed by atoms with Gasteiger partial charge in [-0.3, -0.25) is 4.79 Å². The summed E-state index contributed by atoms with van der Waals surface area (Å²) in [7, 11) is 0. The normalized spacial score (nSPS) is 10.1. The summed E-state index contributed by atoms with van der Waals surface area (Å²) < 4.78 is 11.7. The van der Waals surface area contributed by atoms with Crippen molar-refractivity contribution in [3.8, 4) is 17.2 Å². The lowest BCUT2D eigenvalue weighted by Crippen LogP contribution is -1.97. The van der Waals surface area contributed by atoms with Gasteiger partial charge in [-0.1, -0.05) is 54.6 Å². The van der Waals surface area contributed by atoms with Crippen LogP contribution in [0.25, 0.3) is 0 Å². The second-order valence-electron chi connectivity index (χ2n) is 5.01. The lowest BCUT2D eigenvalue weighted by Gasteiger charge is -2.12. The number of para-hydroxylation sites is 2. The first-order valence-corrected chi connectivity index (χ1v) is 7.34. The monoisotopic (exact) mass is 304 g/mol. The van der Waals surface area contributed by atoms with Gasteiger partial charge in [0.25, 0.3) is 0 Å². The van der Waals surface area contributed by atoms with E-state index >= 15 is 0 Å². The zero-order valence-corrected chi connectivity index (χ0v) is 12.5. The Bertz CT molecular complexity index is 782. The predicted molar refractivity (Wildman–Crippen MR) is 89.1 cm³/mol. The summed E-state index contributed by atoms with van der Waals surface area (Å²) in [4.78, 5) is 10.9. The molecule has 3 heteroatoms. The van der Waals surface area contributed by atoms with Crippen LogP contribution in [0.3, 0.4) is 0 Å². The quantitative estimate of drug-likeness (QED) is 0.609. The Kier molecular flexibility index (Phi) is 4.69. The molecule has 0 saturated carbocycles. The van der Waals surface area contributed by atoms with Gasteiger partial charge in [-0.25, -0.2) is 0 Å². The molecule has 0 aliphatic heterocycles. The van der Waals surface area contributed by atoms with Gasteiger partial charge in [0.1, 0.15) is 18.6 Å². The van der Waals surface area contributed by atoms with Crippen molar-refractivity contribution < 1.29 is 14.3 Å². The molecule has 0 aliphatic rings. The fourth-order valence-electron chi connectivity index (χ4n) is 2.17. The highest BCUT2D eigenvalue weighted by Gasteiger charge is 2.06. The molecule has 0 fully saturated rings. The Labute approximate surface area is 135 Å². The number of carbonyl (C=O) groups excluding carboxylic acids is 1. The number of hydrogen-bond acceptors (Lipinski definition) is 3. The number of carbonyl (C=O) groups is 1. The van der Waals surface area contributed by atoms with E-state index in [-0.39, 0.29) is 0 Å². The highest BCUT2D eigenvalue weighted by atomic mass is 16.5. The maximum Gasteiger partial charge on any atom is 0.169 e. The number of hydrogen-bond donors (Lipinski definition) is 0. The molecule has 0 aliphatic carbocycles. The molecule has 0 spiro atoms. The van der Waals surface area contributed by atoms with E-state index in [0.29, 0.717) is 29.4 Å². The average molecular weight is 304 g/mol. The van der Waals surface area contributed by atoms with Gasteiger partial charge in [-0.15, -0.1) is 0 Å². The van der Waals surface area contributed by atoms with Crippen molar-refractivity contribution in [3.63, 3.8) is 0 Å². The molecule has 114 valence electrons. The summed E-state index contributed by atoms with van der Waals surface area (Å²) in [5.41, 5.74) is 1.66. The van der Waals surface area contributed by atoms with Crippen molar-refractivity contribution in [1.29, 1.82) is 0 Å². The van der Waals surface area contributed by atoms with E-state index in [9.17, 15) is 4.79 Å². The average Bonchev–Trinajstić information content (AvgIpc) is 2.62. The Morgan fingerprint density at radius 1 is 0.783 bits per heavy atom. The fraction of sp³-hybridized carbons (Fsp3) is 0.0500. The van der Waals surface area contributed by atoms with Gasteiger partial charge in [0.05, 0.1) is 0 Å². The summed E-state index contributed by atoms with van der Waals surface area (Å²) in [5.74, 6) is 1.88. The molecule has 0 aromatic heterocycles. The van der Waals surface area contributed by atoms with Gasteiger partial charge >= 0.3 is 0 Å². The van der Waals surface area contributed by atoms with Gasteiger partial charge in [-0.05, 0) is 29.8 Å². The minimum Gasteiger partial charge on any atom is -0.485 e. The van der Waals surface area contributed by atoms with E-state index in [1.54, 1.807) is 24.3 Å². The molecule has 3 nitrogen and oxygen atoms in total. The van der Waals surface area contributed by atoms with Gasteiger partial charge in [0.2, 0.25) is 0 Å². The molecule has 0 unspecified atom stereocenters. The first-order valence-electron chi connectivity index (χ1n) is 7.34. The van der Waals surface area contributed by atoms with E-state index in [0.717, 1.165) is 11.8 Å². The third-order valence-electron chi connectivity index (χ3n) is 3.31. The third kappa shape index (κ3) is 3.98. The molecular formula is C20H16O3. The summed E-state index contributed by atoms with van der Waals surface area (Å²) in [5, 5.41) is 0. The van der Waals surface area contributed by atoms with Crippen LogP contribution in [0, 0.1) is 0 Å². The van der Waals surface area contributed by atoms with Crippen molar-refractivity contribution >= 4 is 6.29 Å². The van der Waals surface area contributed by atoms with Crippen molar-refractivity contribution in [3.05, 3.63) is 90.0 Å². The summed E-state index contributed by atoms with van der Waals surface area (Å²) >= 11 is 0. The maximum atomic E-state index is 10.9. The Hall–Kier alpha value is -3.07. The van der Waals surface area contributed by atoms with Crippen LogP contribution in [0.1, 0.15) is 15.9 Å². The number of aldehydes is 1. The van der Waals surface area contributed by atoms with Crippen LogP contribution in [0.5, 0.6) is 17.2 Å². The van der Waals surface area contributed by atoms with Crippen molar-refractivity contribution in [2.24, 2.45) is 0 Å². The molecular weight excluding hydrogens is 288 g/mol. The molecule has 0 amide bonds. The molecule has 0 radical (unpaired) electrons. The van der Waals surface area contributed by atoms with Crippen LogP contribution in [0.2, 0.25) is 0 Å². The lowest BCUT2D eigenvalue weighted by molar-refractivity contribution is 0.112. The van der Waals surface area contributed by atoms with E-state index in [1.165, 1.54) is 0 Å². The first-order chi connectivity index (χ1) is 11.3. The van der Waals surface area contributed by atoms with Crippen molar-refractivity contribution in [2.45, 2.75) is 6.61 Å². The molecule has 3 rings (SSSR count). The molecule has 0 heterocycles. The highest BCUT2D eigenvalue weighted by Crippen LogP contribution is 2.32. The standard InChI is InChI=1S/C20H16O3/c21-14-17-9-6-10-18(13-17)23-20-12-5-4-11-19(20)22-15-16-7-2-1-3-8-16/h1-14H,15H2. The fourth-order valence-corrected chi connectivity index (χ4v) is 2.17. The number of benzene rings is 3. The molecule has 23 heavy (non-hydrogen) atoms. The van der Waals surface area contributed by atoms with Gasteiger partial charge in [0.15, 0.2) is 11.5 Å². The van der Waals surface area contributed by atoms with Gasteiger partial charge in [0, 0.05) is 5.56 Å². The van der Waals surface area contributed by atoms with Gasteiger partial charge in [-0.2, -0.15) is 0 Å². The SMILES string of the molecule is O=Cc1cccc(Oc2ccccc2OCc2ccccc2)c1. The summed E-state index contributed by atoms with van der Waals surface area (Å²) in [6.45, 7) is 0.468. The predicted octanol–water partition coefficient (Wildman–Crippen LogP) is 4.87.